The average Bonchev–Trinajstić information content (AvgIpc) is 2.49. The summed E-state index contributed by atoms with van der Waals surface area (Å²) in [6, 6.07) is 0. The molecule has 114 valence electrons. The monoisotopic (exact) mass is 296 g/mol. The number of halogens is 2. The molecule has 1 aromatic heterocycles. The lowest BCUT2D eigenvalue weighted by Crippen LogP contribution is -2.61. The summed E-state index contributed by atoms with van der Waals surface area (Å²) in [4.78, 5) is 19.6. The van der Waals surface area contributed by atoms with Crippen molar-refractivity contribution < 1.29 is 13.6 Å². The van der Waals surface area contributed by atoms with Crippen LogP contribution in [0, 0.1) is 0 Å². The summed E-state index contributed by atoms with van der Waals surface area (Å²) < 4.78 is 24.8. The number of nitrogens with zero attached hydrogens (tertiary/aromatic N) is 2. The Balaban J connectivity index is 1.69. The van der Waals surface area contributed by atoms with Crippen molar-refractivity contribution in [3.8, 4) is 0 Å². The first-order chi connectivity index (χ1) is 9.91. The molecule has 21 heavy (non-hydrogen) atoms. The van der Waals surface area contributed by atoms with Gasteiger partial charge in [0.25, 0.3) is 12.3 Å². The fourth-order valence-electron chi connectivity index (χ4n) is 3.28. The lowest BCUT2D eigenvalue weighted by Gasteiger charge is -2.52. The highest BCUT2D eigenvalue weighted by Crippen LogP contribution is 2.45. The standard InChI is InChI=1S/C14H18F2N4O/c15-11(16)9-7-19-10(8-18-9)12(21)20-14-4-1-13(17,2-5-14)3-6-14/h7-8,11H,1-6,17H2,(H,20,21). The maximum Gasteiger partial charge on any atom is 0.281 e. The van der Waals surface area contributed by atoms with Crippen molar-refractivity contribution in [2.45, 2.75) is 56.0 Å². The van der Waals surface area contributed by atoms with Gasteiger partial charge >= 0.3 is 0 Å². The van der Waals surface area contributed by atoms with E-state index in [4.69, 9.17) is 5.73 Å². The zero-order valence-electron chi connectivity index (χ0n) is 11.6. The molecule has 1 amide bonds. The summed E-state index contributed by atoms with van der Waals surface area (Å²) in [6.45, 7) is 0. The smallest absolute Gasteiger partial charge is 0.281 e. The fraction of sp³-hybridized carbons (Fsp3) is 0.643. The maximum absolute atomic E-state index is 12.4. The first-order valence-corrected chi connectivity index (χ1v) is 7.13. The third kappa shape index (κ3) is 2.74. The quantitative estimate of drug-likeness (QED) is 0.893. The van der Waals surface area contributed by atoms with Gasteiger partial charge in [-0.1, -0.05) is 0 Å². The second kappa shape index (κ2) is 4.98. The molecular weight excluding hydrogens is 278 g/mol. The minimum absolute atomic E-state index is 0.0643. The molecule has 0 spiro atoms. The summed E-state index contributed by atoms with van der Waals surface area (Å²) in [7, 11) is 0. The Morgan fingerprint density at radius 2 is 1.76 bits per heavy atom. The van der Waals surface area contributed by atoms with Crippen LogP contribution in [-0.4, -0.2) is 27.0 Å². The molecule has 5 nitrogen and oxygen atoms in total. The van der Waals surface area contributed by atoms with Gasteiger partial charge < -0.3 is 11.1 Å². The van der Waals surface area contributed by atoms with Crippen molar-refractivity contribution in [3.05, 3.63) is 23.8 Å². The minimum Gasteiger partial charge on any atom is -0.345 e. The molecule has 0 aromatic carbocycles. The van der Waals surface area contributed by atoms with Gasteiger partial charge in [0.15, 0.2) is 0 Å². The molecule has 0 saturated heterocycles. The van der Waals surface area contributed by atoms with Crippen LogP contribution in [0.25, 0.3) is 0 Å². The fourth-order valence-corrected chi connectivity index (χ4v) is 3.28. The number of aromatic nitrogens is 2. The van der Waals surface area contributed by atoms with E-state index in [0.717, 1.165) is 50.9 Å². The topological polar surface area (TPSA) is 80.9 Å². The lowest BCUT2D eigenvalue weighted by atomic mass is 9.62. The van der Waals surface area contributed by atoms with E-state index < -0.39 is 12.1 Å². The Hall–Kier alpha value is -1.63. The van der Waals surface area contributed by atoms with Gasteiger partial charge in [-0.3, -0.25) is 9.78 Å². The maximum atomic E-state index is 12.4. The SMILES string of the molecule is NC12CCC(NC(=O)c3cnc(C(F)F)cn3)(CC1)CC2. The molecule has 1 heterocycles. The Bertz CT molecular complexity index is 522. The second-order valence-electron chi connectivity index (χ2n) is 6.22. The Labute approximate surface area is 121 Å². The second-order valence-corrected chi connectivity index (χ2v) is 6.22. The van der Waals surface area contributed by atoms with E-state index in [0.29, 0.717) is 0 Å². The van der Waals surface area contributed by atoms with Crippen LogP contribution in [-0.2, 0) is 0 Å². The van der Waals surface area contributed by atoms with E-state index in [2.05, 4.69) is 15.3 Å². The molecule has 0 unspecified atom stereocenters. The number of fused-ring (bicyclic) bond motifs is 3. The van der Waals surface area contributed by atoms with Crippen molar-refractivity contribution in [2.24, 2.45) is 5.73 Å². The molecule has 4 rings (SSSR count). The van der Waals surface area contributed by atoms with E-state index in [-0.39, 0.29) is 22.7 Å². The van der Waals surface area contributed by atoms with Gasteiger partial charge in [0.2, 0.25) is 0 Å². The minimum atomic E-state index is -2.68. The predicted molar refractivity (Wildman–Crippen MR) is 71.8 cm³/mol. The van der Waals surface area contributed by atoms with E-state index in [1.165, 1.54) is 0 Å². The first-order valence-electron chi connectivity index (χ1n) is 7.13. The van der Waals surface area contributed by atoms with Gasteiger partial charge in [-0.05, 0) is 38.5 Å². The van der Waals surface area contributed by atoms with E-state index in [9.17, 15) is 13.6 Å². The van der Waals surface area contributed by atoms with Crippen LogP contribution in [0.3, 0.4) is 0 Å². The Morgan fingerprint density at radius 3 is 2.24 bits per heavy atom. The van der Waals surface area contributed by atoms with Crippen LogP contribution in [0.4, 0.5) is 8.78 Å². The van der Waals surface area contributed by atoms with Gasteiger partial charge in [0.05, 0.1) is 12.4 Å². The van der Waals surface area contributed by atoms with E-state index in [1.54, 1.807) is 0 Å². The number of rotatable bonds is 3. The van der Waals surface area contributed by atoms with Crippen LogP contribution >= 0.6 is 0 Å². The number of carbonyl (C=O) groups is 1. The lowest BCUT2D eigenvalue weighted by molar-refractivity contribution is 0.0623. The van der Waals surface area contributed by atoms with Crippen molar-refractivity contribution in [3.63, 3.8) is 0 Å². The number of carbonyl (C=O) groups excluding carboxylic acids is 1. The van der Waals surface area contributed by atoms with Crippen molar-refractivity contribution in [1.29, 1.82) is 0 Å². The summed E-state index contributed by atoms with van der Waals surface area (Å²) in [5, 5.41) is 3.02. The van der Waals surface area contributed by atoms with Crippen LogP contribution in [0.15, 0.2) is 12.4 Å². The highest BCUT2D eigenvalue weighted by Gasteiger charge is 2.47. The van der Waals surface area contributed by atoms with Crippen LogP contribution in [0.1, 0.15) is 61.1 Å². The van der Waals surface area contributed by atoms with E-state index >= 15 is 0 Å². The molecule has 3 N–H and O–H groups in total. The highest BCUT2D eigenvalue weighted by molar-refractivity contribution is 5.92. The number of amides is 1. The van der Waals surface area contributed by atoms with Crippen molar-refractivity contribution in [2.75, 3.05) is 0 Å². The molecular formula is C14H18F2N4O. The molecule has 2 bridgehead atoms. The highest BCUT2D eigenvalue weighted by atomic mass is 19.3. The number of hydrogen-bond acceptors (Lipinski definition) is 4. The largest absolute Gasteiger partial charge is 0.345 e. The molecule has 0 aliphatic heterocycles. The molecule has 0 atom stereocenters. The van der Waals surface area contributed by atoms with Gasteiger partial charge in [-0.15, -0.1) is 0 Å². The predicted octanol–water partition coefficient (Wildman–Crippen LogP) is 1.95. The number of nitrogens with two attached hydrogens (primary N) is 1. The normalized spacial score (nSPS) is 31.4. The van der Waals surface area contributed by atoms with Gasteiger partial charge in [-0.25, -0.2) is 13.8 Å². The average molecular weight is 296 g/mol. The molecule has 3 saturated carbocycles. The molecule has 3 fully saturated rings. The zero-order chi connectivity index (χ0) is 15.1. The van der Waals surface area contributed by atoms with Crippen LogP contribution in [0.2, 0.25) is 0 Å². The summed E-state index contributed by atoms with van der Waals surface area (Å²) in [5.41, 5.74) is 5.60. The number of alkyl halides is 2. The molecule has 3 aliphatic carbocycles. The van der Waals surface area contributed by atoms with Crippen LogP contribution in [0.5, 0.6) is 0 Å². The van der Waals surface area contributed by atoms with Gasteiger partial charge in [0, 0.05) is 11.1 Å². The van der Waals surface area contributed by atoms with Crippen molar-refractivity contribution in [1.82, 2.24) is 15.3 Å². The molecule has 0 radical (unpaired) electrons. The Morgan fingerprint density at radius 1 is 1.14 bits per heavy atom. The molecule has 1 aromatic rings. The number of hydrogen-bond donors (Lipinski definition) is 2. The Kier molecular flexibility index (Phi) is 3.39. The summed E-state index contributed by atoms with van der Waals surface area (Å²) in [6.07, 6.45) is 4.67. The molecule has 3 aliphatic rings. The van der Waals surface area contributed by atoms with Crippen molar-refractivity contribution >= 4 is 5.91 Å². The third-order valence-electron chi connectivity index (χ3n) is 4.81. The summed E-state index contributed by atoms with van der Waals surface area (Å²) >= 11 is 0. The zero-order valence-corrected chi connectivity index (χ0v) is 11.6. The summed E-state index contributed by atoms with van der Waals surface area (Å²) in [5.74, 6) is -0.352. The van der Waals surface area contributed by atoms with E-state index in [1.807, 2.05) is 0 Å². The van der Waals surface area contributed by atoms with Gasteiger partial charge in [0.1, 0.15) is 11.4 Å². The first kappa shape index (κ1) is 14.3. The van der Waals surface area contributed by atoms with Gasteiger partial charge in [-0.2, -0.15) is 0 Å². The number of nitrogens with one attached hydrogen (secondary N) is 1. The van der Waals surface area contributed by atoms with Crippen LogP contribution < -0.4 is 11.1 Å². The third-order valence-corrected chi connectivity index (χ3v) is 4.81. The molecule has 7 heteroatoms.